The summed E-state index contributed by atoms with van der Waals surface area (Å²) in [6, 6.07) is 6.57. The van der Waals surface area contributed by atoms with Crippen molar-refractivity contribution in [3.63, 3.8) is 0 Å². The molecule has 0 aromatic carbocycles. The second-order valence-electron chi connectivity index (χ2n) is 5.02. The largest absolute Gasteiger partial charge is 0.471 e. The zero-order chi connectivity index (χ0) is 17.9. The van der Waals surface area contributed by atoms with E-state index in [0.717, 1.165) is 5.56 Å². The smallest absolute Gasteiger partial charge is 0.392 e. The Hall–Kier alpha value is -3.01. The lowest BCUT2D eigenvalue weighted by molar-refractivity contribution is -0.159. The zero-order valence-corrected chi connectivity index (χ0v) is 12.7. The Labute approximate surface area is 139 Å². The number of aromatic nitrogens is 4. The molecule has 3 heterocycles. The van der Waals surface area contributed by atoms with Crippen LogP contribution in [0.15, 0.2) is 41.2 Å². The minimum atomic E-state index is -4.68. The first-order valence-electron chi connectivity index (χ1n) is 7.11. The third-order valence-electron chi connectivity index (χ3n) is 3.21. The monoisotopic (exact) mass is 351 g/mol. The zero-order valence-electron chi connectivity index (χ0n) is 12.7. The molecule has 0 saturated carbocycles. The second kappa shape index (κ2) is 6.85. The van der Waals surface area contributed by atoms with Gasteiger partial charge in [-0.15, -0.1) is 0 Å². The third kappa shape index (κ3) is 4.10. The number of anilines is 1. The van der Waals surface area contributed by atoms with Gasteiger partial charge in [0.05, 0.1) is 18.8 Å². The van der Waals surface area contributed by atoms with Gasteiger partial charge in [0.1, 0.15) is 5.82 Å². The first-order valence-corrected chi connectivity index (χ1v) is 7.11. The first-order chi connectivity index (χ1) is 12.0. The fourth-order valence-corrected chi connectivity index (χ4v) is 1.97. The third-order valence-corrected chi connectivity index (χ3v) is 3.21. The summed E-state index contributed by atoms with van der Waals surface area (Å²) in [4.78, 5) is 11.5. The van der Waals surface area contributed by atoms with Gasteiger partial charge in [-0.1, -0.05) is 5.16 Å². The number of rotatable bonds is 5. The van der Waals surface area contributed by atoms with Crippen LogP contribution in [0, 0.1) is 0 Å². The summed E-state index contributed by atoms with van der Waals surface area (Å²) >= 11 is 0. The van der Waals surface area contributed by atoms with Crippen molar-refractivity contribution in [2.24, 2.45) is 0 Å². The highest BCUT2D eigenvalue weighted by atomic mass is 19.4. The van der Waals surface area contributed by atoms with Gasteiger partial charge < -0.3 is 14.9 Å². The van der Waals surface area contributed by atoms with Crippen molar-refractivity contribution in [3.8, 4) is 11.4 Å². The number of halogens is 3. The highest BCUT2D eigenvalue weighted by Gasteiger charge is 2.38. The van der Waals surface area contributed by atoms with Crippen LogP contribution in [0.5, 0.6) is 0 Å². The lowest BCUT2D eigenvalue weighted by atomic mass is 10.2. The molecule has 7 nitrogen and oxygen atoms in total. The van der Waals surface area contributed by atoms with E-state index in [1.165, 1.54) is 6.20 Å². The van der Waals surface area contributed by atoms with Crippen LogP contribution in [-0.4, -0.2) is 25.2 Å². The van der Waals surface area contributed by atoms with Crippen molar-refractivity contribution in [1.82, 2.24) is 20.1 Å². The lowest BCUT2D eigenvalue weighted by Gasteiger charge is -2.06. The molecule has 0 aliphatic heterocycles. The Kier molecular flexibility index (Phi) is 4.61. The normalized spacial score (nSPS) is 11.5. The fraction of sp³-hybridized carbons (Fsp3) is 0.200. The molecule has 130 valence electrons. The van der Waals surface area contributed by atoms with Crippen molar-refractivity contribution in [1.29, 1.82) is 0 Å². The van der Waals surface area contributed by atoms with Gasteiger partial charge in [0.15, 0.2) is 0 Å². The Bertz CT molecular complexity index is 849. The summed E-state index contributed by atoms with van der Waals surface area (Å²) in [5, 5.41) is 15.4. The van der Waals surface area contributed by atoms with Gasteiger partial charge in [-0.05, 0) is 29.8 Å². The molecule has 0 radical (unpaired) electrons. The number of hydrogen-bond acceptors (Lipinski definition) is 7. The standard InChI is InChI=1S/C15H12F3N5O2/c16-15(17,18)14-22-13(23-25-14)10-1-2-11(20-6-10)7-21-12-5-9(8-24)3-4-19-12/h1-6,24H,7-8H2,(H,19,21). The van der Waals surface area contributed by atoms with Gasteiger partial charge in [0.2, 0.25) is 5.82 Å². The molecule has 10 heteroatoms. The molecule has 0 amide bonds. The number of hydrogen-bond donors (Lipinski definition) is 2. The van der Waals surface area contributed by atoms with Crippen LogP contribution in [0.4, 0.5) is 19.0 Å². The molecule has 3 aromatic heterocycles. The molecule has 0 unspecified atom stereocenters. The SMILES string of the molecule is OCc1ccnc(NCc2ccc(-c3noc(C(F)(F)F)n3)cn2)c1. The van der Waals surface area contributed by atoms with Gasteiger partial charge in [-0.2, -0.15) is 18.2 Å². The molecule has 3 rings (SSSR count). The molecule has 0 aliphatic rings. The number of pyridine rings is 2. The quantitative estimate of drug-likeness (QED) is 0.729. The molecule has 0 spiro atoms. The van der Waals surface area contributed by atoms with Gasteiger partial charge in [0, 0.05) is 18.0 Å². The van der Waals surface area contributed by atoms with Crippen LogP contribution in [0.1, 0.15) is 17.1 Å². The lowest BCUT2D eigenvalue weighted by Crippen LogP contribution is -2.05. The predicted octanol–water partition coefficient (Wildman–Crippen LogP) is 2.65. The van der Waals surface area contributed by atoms with E-state index in [9.17, 15) is 13.2 Å². The molecule has 0 atom stereocenters. The average molecular weight is 351 g/mol. The van der Waals surface area contributed by atoms with Crippen LogP contribution in [0.3, 0.4) is 0 Å². The first kappa shape index (κ1) is 16.8. The van der Waals surface area contributed by atoms with Crippen LogP contribution >= 0.6 is 0 Å². The Morgan fingerprint density at radius 2 is 2.00 bits per heavy atom. The minimum Gasteiger partial charge on any atom is -0.392 e. The molecule has 0 saturated heterocycles. The summed E-state index contributed by atoms with van der Waals surface area (Å²) < 4.78 is 41.6. The van der Waals surface area contributed by atoms with Crippen LogP contribution in [0.25, 0.3) is 11.4 Å². The molecule has 0 fully saturated rings. The van der Waals surface area contributed by atoms with E-state index in [1.807, 2.05) is 0 Å². The van der Waals surface area contributed by atoms with Crippen LogP contribution < -0.4 is 5.32 Å². The van der Waals surface area contributed by atoms with E-state index in [1.54, 1.807) is 30.5 Å². The summed E-state index contributed by atoms with van der Waals surface area (Å²) in [6.45, 7) is 0.261. The molecular weight excluding hydrogens is 339 g/mol. The fourth-order valence-electron chi connectivity index (χ4n) is 1.97. The van der Waals surface area contributed by atoms with Crippen molar-refractivity contribution in [2.75, 3.05) is 5.32 Å². The Balaban J connectivity index is 1.67. The van der Waals surface area contributed by atoms with E-state index < -0.39 is 12.1 Å². The molecule has 0 bridgehead atoms. The van der Waals surface area contributed by atoms with Gasteiger partial charge >= 0.3 is 12.1 Å². The number of nitrogens with zero attached hydrogens (tertiary/aromatic N) is 4. The maximum absolute atomic E-state index is 12.5. The van der Waals surface area contributed by atoms with Crippen LogP contribution in [0.2, 0.25) is 0 Å². The van der Waals surface area contributed by atoms with Crippen molar-refractivity contribution >= 4 is 5.82 Å². The summed E-state index contributed by atoms with van der Waals surface area (Å²) in [5.74, 6) is -1.01. The summed E-state index contributed by atoms with van der Waals surface area (Å²) in [7, 11) is 0. The van der Waals surface area contributed by atoms with E-state index >= 15 is 0 Å². The van der Waals surface area contributed by atoms with E-state index in [-0.39, 0.29) is 12.4 Å². The minimum absolute atomic E-state index is 0.0885. The molecular formula is C15H12F3N5O2. The second-order valence-corrected chi connectivity index (χ2v) is 5.02. The number of nitrogens with one attached hydrogen (secondary N) is 1. The van der Waals surface area contributed by atoms with Gasteiger partial charge in [-0.3, -0.25) is 4.98 Å². The molecule has 25 heavy (non-hydrogen) atoms. The molecule has 2 N–H and O–H groups in total. The number of aliphatic hydroxyl groups is 1. The van der Waals surface area contributed by atoms with E-state index in [0.29, 0.717) is 23.6 Å². The van der Waals surface area contributed by atoms with Crippen molar-refractivity contribution in [3.05, 3.63) is 53.8 Å². The predicted molar refractivity (Wildman–Crippen MR) is 80.0 cm³/mol. The van der Waals surface area contributed by atoms with Crippen LogP contribution in [-0.2, 0) is 19.3 Å². The highest BCUT2D eigenvalue weighted by molar-refractivity contribution is 5.52. The molecule has 3 aromatic rings. The van der Waals surface area contributed by atoms with Gasteiger partial charge in [0.25, 0.3) is 0 Å². The number of aliphatic hydroxyl groups excluding tert-OH is 1. The van der Waals surface area contributed by atoms with E-state index in [4.69, 9.17) is 5.11 Å². The number of alkyl halides is 3. The van der Waals surface area contributed by atoms with Gasteiger partial charge in [-0.25, -0.2) is 4.98 Å². The highest BCUT2D eigenvalue weighted by Crippen LogP contribution is 2.29. The van der Waals surface area contributed by atoms with Crippen molar-refractivity contribution < 1.29 is 22.8 Å². The average Bonchev–Trinajstić information content (AvgIpc) is 3.11. The molecule has 0 aliphatic carbocycles. The van der Waals surface area contributed by atoms with E-state index in [2.05, 4.69) is 29.9 Å². The summed E-state index contributed by atoms with van der Waals surface area (Å²) in [5.41, 5.74) is 1.67. The Morgan fingerprint density at radius 1 is 1.16 bits per heavy atom. The maximum Gasteiger partial charge on any atom is 0.471 e. The summed E-state index contributed by atoms with van der Waals surface area (Å²) in [6.07, 6.45) is -1.75. The maximum atomic E-state index is 12.5. The topological polar surface area (TPSA) is 97.0 Å². The van der Waals surface area contributed by atoms with Crippen molar-refractivity contribution in [2.45, 2.75) is 19.3 Å². The Morgan fingerprint density at radius 3 is 2.64 bits per heavy atom.